The van der Waals surface area contributed by atoms with Gasteiger partial charge >= 0.3 is 0 Å². The number of hydrogen-bond donors (Lipinski definition) is 2. The van der Waals surface area contributed by atoms with Gasteiger partial charge in [-0.15, -0.1) is 0 Å². The molecular weight excluding hydrogens is 354 g/mol. The maximum absolute atomic E-state index is 12.5. The maximum Gasteiger partial charge on any atom is 0.242 e. The van der Waals surface area contributed by atoms with Gasteiger partial charge in [0, 0.05) is 23.3 Å². The number of carbonyl (C=O) groups is 1. The van der Waals surface area contributed by atoms with Crippen LogP contribution in [0.2, 0.25) is 0 Å². The highest BCUT2D eigenvalue weighted by Gasteiger charge is 2.16. The summed E-state index contributed by atoms with van der Waals surface area (Å²) in [6.45, 7) is 2.13. The average molecular weight is 373 g/mol. The Balaban J connectivity index is 1.59. The van der Waals surface area contributed by atoms with Crippen LogP contribution in [0.1, 0.15) is 12.7 Å². The summed E-state index contributed by atoms with van der Waals surface area (Å²) < 4.78 is 5.24. The number of rotatable bonds is 6. The molecule has 3 heterocycles. The largest absolute Gasteiger partial charge is 0.467 e. The average Bonchev–Trinajstić information content (AvgIpc) is 3.26. The molecule has 4 rings (SSSR count). The lowest BCUT2D eigenvalue weighted by atomic mass is 10.2. The summed E-state index contributed by atoms with van der Waals surface area (Å²) in [4.78, 5) is 25.8. The molecule has 0 saturated heterocycles. The highest BCUT2D eigenvalue weighted by molar-refractivity contribution is 5.93. The molecule has 1 aromatic carbocycles. The van der Waals surface area contributed by atoms with Gasteiger partial charge in [0.05, 0.1) is 18.3 Å². The van der Waals surface area contributed by atoms with Crippen LogP contribution >= 0.6 is 0 Å². The number of fused-ring (bicyclic) bond motifs is 1. The fraction of sp³-hybridized carbons (Fsp3) is 0.143. The number of hydrogen-bond acceptors (Lipinski definition) is 6. The summed E-state index contributed by atoms with van der Waals surface area (Å²) in [6, 6.07) is 14.5. The zero-order chi connectivity index (χ0) is 19.3. The van der Waals surface area contributed by atoms with E-state index >= 15 is 0 Å². The van der Waals surface area contributed by atoms with E-state index in [1.165, 1.54) is 0 Å². The predicted molar refractivity (Wildman–Crippen MR) is 106 cm³/mol. The first-order chi connectivity index (χ1) is 13.7. The molecule has 0 bridgehead atoms. The van der Waals surface area contributed by atoms with Crippen LogP contribution in [0, 0.1) is 0 Å². The first-order valence-corrected chi connectivity index (χ1v) is 8.94. The molecule has 0 aliphatic rings. The van der Waals surface area contributed by atoms with Gasteiger partial charge < -0.3 is 15.1 Å². The van der Waals surface area contributed by atoms with Crippen LogP contribution in [0.3, 0.4) is 0 Å². The molecule has 0 radical (unpaired) electrons. The fourth-order valence-corrected chi connectivity index (χ4v) is 2.83. The van der Waals surface area contributed by atoms with E-state index in [-0.39, 0.29) is 5.91 Å². The molecule has 0 fully saturated rings. The Hall–Kier alpha value is -3.74. The highest BCUT2D eigenvalue weighted by Crippen LogP contribution is 2.25. The number of nitrogens with zero attached hydrogens (tertiary/aromatic N) is 3. The number of para-hydroxylation sites is 1. The number of anilines is 1. The van der Waals surface area contributed by atoms with Crippen molar-refractivity contribution >= 4 is 22.6 Å². The zero-order valence-electron chi connectivity index (χ0n) is 15.3. The summed E-state index contributed by atoms with van der Waals surface area (Å²) in [7, 11) is 0. The van der Waals surface area contributed by atoms with Crippen LogP contribution in [0.5, 0.6) is 0 Å². The number of pyridine rings is 1. The maximum atomic E-state index is 12.5. The van der Waals surface area contributed by atoms with E-state index in [1.807, 2.05) is 42.5 Å². The van der Waals surface area contributed by atoms with Crippen molar-refractivity contribution in [3.8, 4) is 11.4 Å². The molecule has 1 unspecified atom stereocenters. The number of carbonyl (C=O) groups excluding carboxylic acids is 1. The number of benzene rings is 1. The summed E-state index contributed by atoms with van der Waals surface area (Å²) in [5.74, 6) is 1.74. The van der Waals surface area contributed by atoms with E-state index in [2.05, 4.69) is 25.6 Å². The zero-order valence-corrected chi connectivity index (χ0v) is 15.3. The van der Waals surface area contributed by atoms with Gasteiger partial charge in [-0.1, -0.05) is 12.1 Å². The van der Waals surface area contributed by atoms with Crippen molar-refractivity contribution in [1.82, 2.24) is 20.3 Å². The van der Waals surface area contributed by atoms with Gasteiger partial charge in [0.2, 0.25) is 5.91 Å². The van der Waals surface area contributed by atoms with E-state index in [0.29, 0.717) is 23.9 Å². The second-order valence-corrected chi connectivity index (χ2v) is 6.31. The monoisotopic (exact) mass is 373 g/mol. The van der Waals surface area contributed by atoms with Gasteiger partial charge in [0.1, 0.15) is 17.6 Å². The lowest BCUT2D eigenvalue weighted by molar-refractivity contribution is -0.121. The Kier molecular flexibility index (Phi) is 4.97. The van der Waals surface area contributed by atoms with Crippen molar-refractivity contribution in [2.75, 3.05) is 5.32 Å². The third-order valence-corrected chi connectivity index (χ3v) is 4.31. The molecular formula is C21H19N5O2. The smallest absolute Gasteiger partial charge is 0.242 e. The minimum absolute atomic E-state index is 0.149. The van der Waals surface area contributed by atoms with Crippen molar-refractivity contribution in [2.24, 2.45) is 0 Å². The third-order valence-electron chi connectivity index (χ3n) is 4.31. The highest BCUT2D eigenvalue weighted by atomic mass is 16.3. The van der Waals surface area contributed by atoms with Crippen LogP contribution in [-0.4, -0.2) is 26.9 Å². The molecule has 0 saturated carbocycles. The van der Waals surface area contributed by atoms with Crippen LogP contribution in [0.15, 0.2) is 71.6 Å². The SMILES string of the molecule is CC(Nc1nc(-c2ccncc2)nc2ccccc12)C(=O)NCc1ccco1. The molecule has 2 N–H and O–H groups in total. The van der Waals surface area contributed by atoms with Gasteiger partial charge in [-0.25, -0.2) is 9.97 Å². The van der Waals surface area contributed by atoms with Crippen LogP contribution in [-0.2, 0) is 11.3 Å². The van der Waals surface area contributed by atoms with Gasteiger partial charge in [0.25, 0.3) is 0 Å². The first kappa shape index (κ1) is 17.7. The van der Waals surface area contributed by atoms with Crippen LogP contribution in [0.4, 0.5) is 5.82 Å². The number of nitrogens with one attached hydrogen (secondary N) is 2. The fourth-order valence-electron chi connectivity index (χ4n) is 2.83. The number of aromatic nitrogens is 3. The van der Waals surface area contributed by atoms with E-state index in [1.54, 1.807) is 31.6 Å². The molecule has 140 valence electrons. The topological polar surface area (TPSA) is 92.9 Å². The van der Waals surface area contributed by atoms with E-state index < -0.39 is 6.04 Å². The van der Waals surface area contributed by atoms with Gasteiger partial charge in [0.15, 0.2) is 5.82 Å². The molecule has 0 aliphatic heterocycles. The second-order valence-electron chi connectivity index (χ2n) is 6.31. The summed E-state index contributed by atoms with van der Waals surface area (Å²) in [5.41, 5.74) is 1.66. The van der Waals surface area contributed by atoms with E-state index in [9.17, 15) is 4.79 Å². The van der Waals surface area contributed by atoms with Gasteiger partial charge in [-0.3, -0.25) is 9.78 Å². The lowest BCUT2D eigenvalue weighted by Gasteiger charge is -2.16. The minimum atomic E-state index is -0.487. The molecule has 28 heavy (non-hydrogen) atoms. The quantitative estimate of drug-likeness (QED) is 0.538. The second kappa shape index (κ2) is 7.87. The molecule has 1 atom stereocenters. The number of furan rings is 1. The molecule has 4 aromatic rings. The van der Waals surface area contributed by atoms with Crippen molar-refractivity contribution in [3.05, 3.63) is 72.9 Å². The van der Waals surface area contributed by atoms with E-state index in [0.717, 1.165) is 16.5 Å². The van der Waals surface area contributed by atoms with Gasteiger partial charge in [-0.2, -0.15) is 0 Å². The molecule has 7 heteroatoms. The van der Waals surface area contributed by atoms with Crippen LogP contribution < -0.4 is 10.6 Å². The molecule has 7 nitrogen and oxygen atoms in total. The Morgan fingerprint density at radius 1 is 1.07 bits per heavy atom. The molecule has 0 spiro atoms. The van der Waals surface area contributed by atoms with Crippen molar-refractivity contribution in [1.29, 1.82) is 0 Å². The molecule has 1 amide bonds. The Bertz CT molecular complexity index is 1080. The van der Waals surface area contributed by atoms with Gasteiger partial charge in [-0.05, 0) is 43.3 Å². The Labute approximate surface area is 161 Å². The summed E-state index contributed by atoms with van der Waals surface area (Å²) >= 11 is 0. The third kappa shape index (κ3) is 3.83. The number of amides is 1. The first-order valence-electron chi connectivity index (χ1n) is 8.94. The molecule has 3 aromatic heterocycles. The summed E-state index contributed by atoms with van der Waals surface area (Å²) in [5, 5.41) is 6.92. The Morgan fingerprint density at radius 2 is 1.89 bits per heavy atom. The van der Waals surface area contributed by atoms with Crippen LogP contribution in [0.25, 0.3) is 22.3 Å². The summed E-state index contributed by atoms with van der Waals surface area (Å²) in [6.07, 6.45) is 4.98. The predicted octanol–water partition coefficient (Wildman–Crippen LogP) is 3.40. The molecule has 0 aliphatic carbocycles. The van der Waals surface area contributed by atoms with Crippen molar-refractivity contribution in [3.63, 3.8) is 0 Å². The van der Waals surface area contributed by atoms with Crippen molar-refractivity contribution < 1.29 is 9.21 Å². The standard InChI is InChI=1S/C21H19N5O2/c1-14(21(27)23-13-16-5-4-12-28-16)24-20-17-6-2-3-7-18(17)25-19(26-20)15-8-10-22-11-9-15/h2-12,14H,13H2,1H3,(H,23,27)(H,24,25,26). The normalized spacial score (nSPS) is 11.9. The lowest BCUT2D eigenvalue weighted by Crippen LogP contribution is -2.37. The Morgan fingerprint density at radius 3 is 2.68 bits per heavy atom. The van der Waals surface area contributed by atoms with E-state index in [4.69, 9.17) is 4.42 Å². The van der Waals surface area contributed by atoms with Crippen molar-refractivity contribution in [2.45, 2.75) is 19.5 Å². The minimum Gasteiger partial charge on any atom is -0.467 e.